The second-order valence-electron chi connectivity index (χ2n) is 11.4. The third-order valence-electron chi connectivity index (χ3n) is 7.76. The van der Waals surface area contributed by atoms with Gasteiger partial charge in [-0.15, -0.1) is 6.58 Å². The van der Waals surface area contributed by atoms with Crippen molar-refractivity contribution < 1.29 is 35.6 Å². The molecule has 40 heavy (non-hydrogen) atoms. The molecule has 1 rings (SSSR count). The van der Waals surface area contributed by atoms with E-state index in [2.05, 4.69) is 20.4 Å². The van der Waals surface area contributed by atoms with E-state index in [1.54, 1.807) is 6.08 Å². The normalized spacial score (nSPS) is 25.0. The molecule has 3 N–H and O–H groups in total. The van der Waals surface area contributed by atoms with Crippen molar-refractivity contribution >= 4 is 0 Å². The Morgan fingerprint density at radius 3 is 1.88 bits per heavy atom. The van der Waals surface area contributed by atoms with E-state index in [1.165, 1.54) is 70.6 Å². The van der Waals surface area contributed by atoms with Crippen LogP contribution in [-0.2, 0) is 18.9 Å². The topological polar surface area (TPSA) is 97.6 Å². The summed E-state index contributed by atoms with van der Waals surface area (Å²) in [7, 11) is 0. The van der Waals surface area contributed by atoms with Gasteiger partial charge in [-0.3, -0.25) is 0 Å². The van der Waals surface area contributed by atoms with E-state index < -0.39 is 50.0 Å². The van der Waals surface area contributed by atoms with Crippen molar-refractivity contribution in [3.63, 3.8) is 0 Å². The Balaban J connectivity index is 2.53. The van der Waals surface area contributed by atoms with Crippen molar-refractivity contribution in [2.45, 2.75) is 173 Å². The number of aliphatic hydroxyl groups is 3. The summed E-state index contributed by atoms with van der Waals surface area (Å²) in [5, 5.41) is 31.3. The van der Waals surface area contributed by atoms with E-state index >= 15 is 0 Å². The van der Waals surface area contributed by atoms with E-state index in [9.17, 15) is 15.3 Å². The number of hydrogen-bond donors (Lipinski definition) is 3. The summed E-state index contributed by atoms with van der Waals surface area (Å²) in [6.07, 6.45) is 17.5. The van der Waals surface area contributed by atoms with Crippen molar-refractivity contribution in [2.75, 3.05) is 26.4 Å². The van der Waals surface area contributed by atoms with Gasteiger partial charge in [0.1, 0.15) is 24.4 Å². The van der Waals surface area contributed by atoms with E-state index in [0.29, 0.717) is 12.8 Å². The van der Waals surface area contributed by atoms with E-state index in [0.717, 1.165) is 38.5 Å². The minimum Gasteiger partial charge on any atom is -0.394 e. The van der Waals surface area contributed by atoms with Gasteiger partial charge in [0.25, 0.3) is 0 Å². The molecule has 1 aliphatic heterocycles. The number of unbranched alkanes of at least 4 members (excludes halogenated alkanes) is 14. The fourth-order valence-electron chi connectivity index (χ4n) is 5.21. The fourth-order valence-corrected chi connectivity index (χ4v) is 5.21. The van der Waals surface area contributed by atoms with Gasteiger partial charge in [0, 0.05) is 13.2 Å². The average Bonchev–Trinajstić information content (AvgIpc) is 2.97. The Kier molecular flexibility index (Phi) is 23.3. The molecule has 1 saturated heterocycles. The van der Waals surface area contributed by atoms with Crippen LogP contribution in [0.3, 0.4) is 0 Å². The van der Waals surface area contributed by atoms with Crippen molar-refractivity contribution in [2.24, 2.45) is 0 Å². The molecular weight excluding hydrogens is 508 g/mol. The number of ether oxygens (including phenoxy) is 4. The van der Waals surface area contributed by atoms with Crippen molar-refractivity contribution in [1.29, 1.82) is 0 Å². The van der Waals surface area contributed by atoms with Gasteiger partial charge in [0.15, 0.2) is 6.29 Å². The predicted octanol–water partition coefficient (Wildman–Crippen LogP) is 6.85. The third-order valence-corrected chi connectivity index (χ3v) is 7.76. The van der Waals surface area contributed by atoms with Gasteiger partial charge in [-0.05, 0) is 19.3 Å². The van der Waals surface area contributed by atoms with Crippen LogP contribution in [0.25, 0.3) is 0 Å². The van der Waals surface area contributed by atoms with Crippen molar-refractivity contribution in [3.05, 3.63) is 12.7 Å². The summed E-state index contributed by atoms with van der Waals surface area (Å²) >= 11 is 0. The molecule has 7 atom stereocenters. The average molecular weight is 574 g/mol. The maximum atomic E-state index is 10.9. The predicted molar refractivity (Wildman–Crippen MR) is 162 cm³/mol. The van der Waals surface area contributed by atoms with E-state index in [4.69, 9.17) is 20.3 Å². The SMILES string of the molecule is [2H]C(CCCCCCCCC)O[C@H]1[C@H](O)[C@@H](CO)OC(OCC=C)[C@@H]1OCC[C@H](O)CCCCCCCCCCC. The first kappa shape index (κ1) is 35.7. The molecule has 1 fully saturated rings. The van der Waals surface area contributed by atoms with Crippen LogP contribution < -0.4 is 0 Å². The summed E-state index contributed by atoms with van der Waals surface area (Å²) in [4.78, 5) is 0. The summed E-state index contributed by atoms with van der Waals surface area (Å²) in [6.45, 7) is 7.36. The molecule has 0 aromatic rings. The first-order chi connectivity index (χ1) is 20.0. The zero-order valence-electron chi connectivity index (χ0n) is 26.9. The van der Waals surface area contributed by atoms with Gasteiger partial charge in [-0.1, -0.05) is 123 Å². The summed E-state index contributed by atoms with van der Waals surface area (Å²) in [6, 6.07) is 0. The smallest absolute Gasteiger partial charge is 0.187 e. The minimum atomic E-state index is -1.16. The Bertz CT molecular complexity index is 596. The number of hydrogen-bond acceptors (Lipinski definition) is 7. The molecule has 0 aromatic heterocycles. The molecule has 1 aliphatic rings. The van der Waals surface area contributed by atoms with Crippen LogP contribution in [0.4, 0.5) is 0 Å². The molecule has 0 aromatic carbocycles. The van der Waals surface area contributed by atoms with Gasteiger partial charge in [-0.2, -0.15) is 0 Å². The summed E-state index contributed by atoms with van der Waals surface area (Å²) < 4.78 is 32.2. The molecule has 1 heterocycles. The quantitative estimate of drug-likeness (QED) is 0.0695. The molecule has 7 nitrogen and oxygen atoms in total. The van der Waals surface area contributed by atoms with Crippen LogP contribution in [0.2, 0.25) is 0 Å². The van der Waals surface area contributed by atoms with Crippen molar-refractivity contribution in [3.8, 4) is 0 Å². The molecule has 0 aliphatic carbocycles. The fraction of sp³-hybridized carbons (Fsp3) is 0.939. The molecule has 0 radical (unpaired) electrons. The second-order valence-corrected chi connectivity index (χ2v) is 11.4. The minimum absolute atomic E-state index is 0.203. The Hall–Kier alpha value is -0.540. The Morgan fingerprint density at radius 2 is 1.32 bits per heavy atom. The maximum absolute atomic E-state index is 10.9. The second kappa shape index (κ2) is 26.1. The lowest BCUT2D eigenvalue weighted by Gasteiger charge is -2.43. The molecule has 238 valence electrons. The van der Waals surface area contributed by atoms with Gasteiger partial charge in [-0.25, -0.2) is 0 Å². The summed E-state index contributed by atoms with van der Waals surface area (Å²) in [5.41, 5.74) is 0. The molecular formula is C33H64O7. The van der Waals surface area contributed by atoms with Gasteiger partial charge in [0.05, 0.1) is 20.7 Å². The van der Waals surface area contributed by atoms with Crippen LogP contribution in [0.15, 0.2) is 12.7 Å². The highest BCUT2D eigenvalue weighted by Crippen LogP contribution is 2.28. The lowest BCUT2D eigenvalue weighted by molar-refractivity contribution is -0.314. The monoisotopic (exact) mass is 573 g/mol. The highest BCUT2D eigenvalue weighted by molar-refractivity contribution is 4.92. The molecule has 0 amide bonds. The van der Waals surface area contributed by atoms with Gasteiger partial charge >= 0.3 is 0 Å². The lowest BCUT2D eigenvalue weighted by atomic mass is 9.98. The van der Waals surface area contributed by atoms with E-state index in [1.807, 2.05) is 0 Å². The highest BCUT2D eigenvalue weighted by atomic mass is 16.7. The zero-order valence-corrected chi connectivity index (χ0v) is 25.9. The van der Waals surface area contributed by atoms with Crippen LogP contribution in [0.1, 0.15) is 137 Å². The first-order valence-corrected chi connectivity index (χ1v) is 16.5. The molecule has 0 bridgehead atoms. The largest absolute Gasteiger partial charge is 0.394 e. The van der Waals surface area contributed by atoms with Crippen LogP contribution in [0, 0.1) is 0 Å². The number of aliphatic hydroxyl groups excluding tert-OH is 3. The molecule has 7 heteroatoms. The molecule has 0 spiro atoms. The van der Waals surface area contributed by atoms with Gasteiger partial charge < -0.3 is 34.3 Å². The number of rotatable bonds is 28. The van der Waals surface area contributed by atoms with Crippen molar-refractivity contribution in [1.82, 2.24) is 0 Å². The lowest BCUT2D eigenvalue weighted by Crippen LogP contribution is -2.61. The molecule has 2 unspecified atom stereocenters. The standard InChI is InChI=1S/C33H64O7/c1-4-7-9-11-13-15-16-18-20-22-28(35)23-26-38-32-31(37-25-21-19-17-14-12-10-8-5-2)30(36)29(27-34)40-33(32)39-24-6-3/h6,28-36H,3-5,7-27H2,1-2H3/t28-,29-,30-,31+,32-,33?/m1/s1/i25D/t25?,28-,29-,30-,31+,32-,33?. The van der Waals surface area contributed by atoms with Crippen LogP contribution >= 0.6 is 0 Å². The Labute approximate surface area is 247 Å². The van der Waals surface area contributed by atoms with E-state index in [-0.39, 0.29) is 13.2 Å². The summed E-state index contributed by atoms with van der Waals surface area (Å²) in [5.74, 6) is 0. The van der Waals surface area contributed by atoms with Gasteiger partial charge in [0.2, 0.25) is 0 Å². The maximum Gasteiger partial charge on any atom is 0.187 e. The Morgan fingerprint density at radius 1 is 0.775 bits per heavy atom. The highest BCUT2D eigenvalue weighted by Gasteiger charge is 2.47. The third kappa shape index (κ3) is 17.4. The van der Waals surface area contributed by atoms with Crippen LogP contribution in [-0.4, -0.2) is 78.5 Å². The zero-order chi connectivity index (χ0) is 30.1. The van der Waals surface area contributed by atoms with Crippen LogP contribution in [0.5, 0.6) is 0 Å². The first-order valence-electron chi connectivity index (χ1n) is 17.1. The molecule has 0 saturated carbocycles.